The average Bonchev–Trinajstić information content (AvgIpc) is 2.56. The van der Waals surface area contributed by atoms with Crippen LogP contribution in [0.15, 0.2) is 24.3 Å². The van der Waals surface area contributed by atoms with Crippen molar-refractivity contribution in [3.8, 4) is 0 Å². The van der Waals surface area contributed by atoms with E-state index in [4.69, 9.17) is 0 Å². The van der Waals surface area contributed by atoms with Crippen LogP contribution in [-0.4, -0.2) is 48.9 Å². The number of benzene rings is 1. The van der Waals surface area contributed by atoms with Crippen LogP contribution in [-0.2, 0) is 0 Å². The van der Waals surface area contributed by atoms with Crippen LogP contribution in [0, 0.1) is 0 Å². The fourth-order valence-corrected chi connectivity index (χ4v) is 3.53. The number of rotatable bonds is 2. The number of piperazine rings is 1. The Bertz CT molecular complexity index is 468. The summed E-state index contributed by atoms with van der Waals surface area (Å²) >= 11 is 0. The van der Waals surface area contributed by atoms with Gasteiger partial charge in [0, 0.05) is 31.7 Å². The molecule has 0 bridgehead atoms. The Morgan fingerprint density at radius 1 is 0.952 bits per heavy atom. The molecule has 1 aliphatic heterocycles. The van der Waals surface area contributed by atoms with Gasteiger partial charge in [-0.3, -0.25) is 4.79 Å². The van der Waals surface area contributed by atoms with Crippen LogP contribution < -0.4 is 0 Å². The van der Waals surface area contributed by atoms with Crippen LogP contribution in [0.2, 0.25) is 0 Å². The van der Waals surface area contributed by atoms with Gasteiger partial charge in [-0.05, 0) is 43.5 Å². The molecule has 0 unspecified atom stereocenters. The fourth-order valence-electron chi connectivity index (χ4n) is 3.53. The smallest absolute Gasteiger partial charge is 0.253 e. The van der Waals surface area contributed by atoms with Crippen molar-refractivity contribution in [3.05, 3.63) is 35.4 Å². The Hall–Kier alpha value is -1.35. The van der Waals surface area contributed by atoms with E-state index in [9.17, 15) is 4.79 Å². The Labute approximate surface area is 127 Å². The minimum atomic E-state index is 0.193. The quantitative estimate of drug-likeness (QED) is 0.834. The number of hydrogen-bond acceptors (Lipinski definition) is 2. The van der Waals surface area contributed by atoms with Crippen LogP contribution in [0.4, 0.5) is 0 Å². The summed E-state index contributed by atoms with van der Waals surface area (Å²) in [6.45, 7) is 3.65. The first-order chi connectivity index (χ1) is 10.2. The number of hydrogen-bond donors (Lipinski definition) is 0. The average molecular weight is 286 g/mol. The number of nitrogens with zero attached hydrogens (tertiary/aromatic N) is 2. The van der Waals surface area contributed by atoms with E-state index in [1.54, 1.807) is 0 Å². The molecule has 2 fully saturated rings. The highest BCUT2D eigenvalue weighted by molar-refractivity contribution is 5.94. The second kappa shape index (κ2) is 6.61. The predicted molar refractivity (Wildman–Crippen MR) is 85.7 cm³/mol. The van der Waals surface area contributed by atoms with Gasteiger partial charge in [-0.2, -0.15) is 0 Å². The molecule has 0 aromatic heterocycles. The molecule has 1 saturated carbocycles. The van der Waals surface area contributed by atoms with E-state index in [2.05, 4.69) is 24.1 Å². The number of carbonyl (C=O) groups is 1. The monoisotopic (exact) mass is 286 g/mol. The molecule has 1 aromatic carbocycles. The summed E-state index contributed by atoms with van der Waals surface area (Å²) in [5, 5.41) is 0. The molecule has 1 aromatic rings. The largest absolute Gasteiger partial charge is 0.336 e. The van der Waals surface area contributed by atoms with E-state index in [-0.39, 0.29) is 5.91 Å². The molecule has 21 heavy (non-hydrogen) atoms. The molecule has 3 nitrogen and oxygen atoms in total. The Morgan fingerprint density at radius 2 is 1.57 bits per heavy atom. The first-order valence-electron chi connectivity index (χ1n) is 8.32. The van der Waals surface area contributed by atoms with Gasteiger partial charge in [-0.25, -0.2) is 0 Å². The first-order valence-corrected chi connectivity index (χ1v) is 8.32. The second-order valence-corrected chi connectivity index (χ2v) is 6.55. The highest BCUT2D eigenvalue weighted by atomic mass is 16.2. The van der Waals surface area contributed by atoms with Gasteiger partial charge in [0.25, 0.3) is 5.91 Å². The third-order valence-electron chi connectivity index (χ3n) is 5.02. The minimum absolute atomic E-state index is 0.193. The van der Waals surface area contributed by atoms with E-state index < -0.39 is 0 Å². The maximum Gasteiger partial charge on any atom is 0.253 e. The summed E-state index contributed by atoms with van der Waals surface area (Å²) in [6, 6.07) is 8.42. The lowest BCUT2D eigenvalue weighted by molar-refractivity contribution is 0.0664. The zero-order valence-corrected chi connectivity index (χ0v) is 13.1. The van der Waals surface area contributed by atoms with Gasteiger partial charge in [0.1, 0.15) is 0 Å². The van der Waals surface area contributed by atoms with Crippen molar-refractivity contribution in [2.75, 3.05) is 33.2 Å². The standard InChI is InChI=1S/C18H26N2O/c1-19-11-13-20(14-12-19)18(21)17-9-7-16(8-10-17)15-5-3-2-4-6-15/h7-10,15H,2-6,11-14H2,1H3. The second-order valence-electron chi connectivity index (χ2n) is 6.55. The van der Waals surface area contributed by atoms with Crippen molar-refractivity contribution in [2.45, 2.75) is 38.0 Å². The third kappa shape index (κ3) is 3.46. The summed E-state index contributed by atoms with van der Waals surface area (Å²) in [6.07, 6.45) is 6.72. The van der Waals surface area contributed by atoms with Crippen molar-refractivity contribution < 1.29 is 4.79 Å². The Morgan fingerprint density at radius 3 is 2.19 bits per heavy atom. The van der Waals surface area contributed by atoms with Gasteiger partial charge in [0.2, 0.25) is 0 Å². The van der Waals surface area contributed by atoms with Gasteiger partial charge in [0.05, 0.1) is 0 Å². The van der Waals surface area contributed by atoms with Crippen LogP contribution >= 0.6 is 0 Å². The Kier molecular flexibility index (Phi) is 4.59. The zero-order chi connectivity index (χ0) is 14.7. The molecule has 1 saturated heterocycles. The third-order valence-corrected chi connectivity index (χ3v) is 5.02. The number of carbonyl (C=O) groups excluding carboxylic acids is 1. The van der Waals surface area contributed by atoms with E-state index in [0.717, 1.165) is 31.7 Å². The van der Waals surface area contributed by atoms with Gasteiger partial charge in [-0.1, -0.05) is 31.4 Å². The molecule has 3 heteroatoms. The lowest BCUT2D eigenvalue weighted by Crippen LogP contribution is -2.47. The van der Waals surface area contributed by atoms with E-state index in [0.29, 0.717) is 5.92 Å². The molecule has 1 heterocycles. The van der Waals surface area contributed by atoms with Crippen LogP contribution in [0.3, 0.4) is 0 Å². The van der Waals surface area contributed by atoms with E-state index >= 15 is 0 Å². The summed E-state index contributed by atoms with van der Waals surface area (Å²) < 4.78 is 0. The van der Waals surface area contributed by atoms with Gasteiger partial charge in [0.15, 0.2) is 0 Å². The van der Waals surface area contributed by atoms with Gasteiger partial charge < -0.3 is 9.80 Å². The van der Waals surface area contributed by atoms with Crippen LogP contribution in [0.1, 0.15) is 53.9 Å². The molecule has 3 rings (SSSR count). The summed E-state index contributed by atoms with van der Waals surface area (Å²) in [7, 11) is 2.11. The molecule has 114 valence electrons. The molecule has 2 aliphatic rings. The predicted octanol–water partition coefficient (Wildman–Crippen LogP) is 3.12. The summed E-state index contributed by atoms with van der Waals surface area (Å²) in [4.78, 5) is 16.8. The molecule has 0 spiro atoms. The SMILES string of the molecule is CN1CCN(C(=O)c2ccc(C3CCCCC3)cc2)CC1. The van der Waals surface area contributed by atoms with Gasteiger partial charge in [-0.15, -0.1) is 0 Å². The molecular weight excluding hydrogens is 260 g/mol. The Balaban J connectivity index is 1.64. The molecule has 0 radical (unpaired) electrons. The minimum Gasteiger partial charge on any atom is -0.336 e. The van der Waals surface area contributed by atoms with E-state index in [1.165, 1.54) is 37.7 Å². The van der Waals surface area contributed by atoms with Crippen molar-refractivity contribution >= 4 is 5.91 Å². The lowest BCUT2D eigenvalue weighted by Gasteiger charge is -2.32. The molecule has 0 N–H and O–H groups in total. The maximum absolute atomic E-state index is 12.5. The normalized spacial score (nSPS) is 21.5. The fraction of sp³-hybridized carbons (Fsp3) is 0.611. The molecule has 0 atom stereocenters. The topological polar surface area (TPSA) is 23.6 Å². The van der Waals surface area contributed by atoms with Crippen molar-refractivity contribution in [2.24, 2.45) is 0 Å². The number of amides is 1. The van der Waals surface area contributed by atoms with Crippen molar-refractivity contribution in [1.82, 2.24) is 9.80 Å². The van der Waals surface area contributed by atoms with Crippen molar-refractivity contribution in [3.63, 3.8) is 0 Å². The zero-order valence-electron chi connectivity index (χ0n) is 13.1. The van der Waals surface area contributed by atoms with E-state index in [1.807, 2.05) is 17.0 Å². The van der Waals surface area contributed by atoms with Gasteiger partial charge >= 0.3 is 0 Å². The highest BCUT2D eigenvalue weighted by Crippen LogP contribution is 2.32. The summed E-state index contributed by atoms with van der Waals surface area (Å²) in [5.74, 6) is 0.907. The first kappa shape index (κ1) is 14.6. The maximum atomic E-state index is 12.5. The van der Waals surface area contributed by atoms with Crippen LogP contribution in [0.25, 0.3) is 0 Å². The lowest BCUT2D eigenvalue weighted by atomic mass is 9.84. The van der Waals surface area contributed by atoms with Crippen molar-refractivity contribution in [1.29, 1.82) is 0 Å². The highest BCUT2D eigenvalue weighted by Gasteiger charge is 2.21. The molecular formula is C18H26N2O. The molecule has 1 aliphatic carbocycles. The summed E-state index contributed by atoms with van der Waals surface area (Å²) in [5.41, 5.74) is 2.27. The van der Waals surface area contributed by atoms with Crippen LogP contribution in [0.5, 0.6) is 0 Å². The molecule has 1 amide bonds. The number of likely N-dealkylation sites (N-methyl/N-ethyl adjacent to an activating group) is 1.